The van der Waals surface area contributed by atoms with Gasteiger partial charge in [0.1, 0.15) is 18.0 Å². The predicted octanol–water partition coefficient (Wildman–Crippen LogP) is 1.93. The normalized spacial score (nSPS) is 12.7. The van der Waals surface area contributed by atoms with Gasteiger partial charge in [0.25, 0.3) is 0 Å². The molecule has 2 amide bonds. The van der Waals surface area contributed by atoms with Crippen LogP contribution in [0.1, 0.15) is 17.4 Å². The highest BCUT2D eigenvalue weighted by atomic mass is 35.5. The Labute approximate surface area is 177 Å². The maximum Gasteiger partial charge on any atom is 0.322 e. The SMILES string of the molecule is COc1ccc(CNC(=O)NC[C@H](NC(O)c2c(Cl)cncc2Cl)C(=O)O)cc1. The van der Waals surface area contributed by atoms with Gasteiger partial charge in [-0.3, -0.25) is 15.1 Å². The first-order valence-electron chi connectivity index (χ1n) is 8.42. The van der Waals surface area contributed by atoms with E-state index < -0.39 is 24.3 Å². The maximum atomic E-state index is 11.9. The van der Waals surface area contributed by atoms with E-state index in [0.717, 1.165) is 5.56 Å². The third kappa shape index (κ3) is 6.75. The molecule has 0 aliphatic heterocycles. The zero-order valence-corrected chi connectivity index (χ0v) is 16.9. The summed E-state index contributed by atoms with van der Waals surface area (Å²) in [6.07, 6.45) is 1.08. The molecule has 0 aliphatic rings. The first-order chi connectivity index (χ1) is 13.8. The lowest BCUT2D eigenvalue weighted by Crippen LogP contribution is -2.49. The van der Waals surface area contributed by atoms with Crippen LogP contribution in [-0.2, 0) is 11.3 Å². The van der Waals surface area contributed by atoms with E-state index in [4.69, 9.17) is 27.9 Å². The van der Waals surface area contributed by atoms with Gasteiger partial charge in [0.2, 0.25) is 0 Å². The van der Waals surface area contributed by atoms with Crippen molar-refractivity contribution in [3.63, 3.8) is 0 Å². The van der Waals surface area contributed by atoms with Gasteiger partial charge in [-0.2, -0.15) is 0 Å². The summed E-state index contributed by atoms with van der Waals surface area (Å²) in [5.74, 6) is -0.581. The number of ether oxygens (including phenoxy) is 1. The number of amides is 2. The Balaban J connectivity index is 1.88. The zero-order chi connectivity index (χ0) is 21.4. The van der Waals surface area contributed by atoms with Crippen LogP contribution in [0, 0.1) is 0 Å². The second kappa shape index (κ2) is 10.8. The molecular formula is C18H20Cl2N4O5. The van der Waals surface area contributed by atoms with Crippen molar-refractivity contribution in [2.45, 2.75) is 18.8 Å². The van der Waals surface area contributed by atoms with Crippen molar-refractivity contribution >= 4 is 35.2 Å². The summed E-state index contributed by atoms with van der Waals surface area (Å²) < 4.78 is 5.06. The van der Waals surface area contributed by atoms with Crippen molar-refractivity contribution in [3.8, 4) is 5.75 Å². The van der Waals surface area contributed by atoms with Crippen LogP contribution in [0.25, 0.3) is 0 Å². The van der Waals surface area contributed by atoms with Crippen molar-refractivity contribution in [2.24, 2.45) is 0 Å². The largest absolute Gasteiger partial charge is 0.497 e. The maximum absolute atomic E-state index is 11.9. The van der Waals surface area contributed by atoms with Crippen LogP contribution >= 0.6 is 23.2 Å². The van der Waals surface area contributed by atoms with Crippen molar-refractivity contribution in [1.82, 2.24) is 20.9 Å². The van der Waals surface area contributed by atoms with E-state index in [1.807, 2.05) is 0 Å². The minimum Gasteiger partial charge on any atom is -0.497 e. The highest BCUT2D eigenvalue weighted by Gasteiger charge is 2.24. The lowest BCUT2D eigenvalue weighted by molar-refractivity contribution is -0.140. The summed E-state index contributed by atoms with van der Waals surface area (Å²) in [5.41, 5.74) is 0.935. The number of aliphatic carboxylic acids is 1. The van der Waals surface area contributed by atoms with Crippen LogP contribution in [0.4, 0.5) is 4.79 Å². The molecule has 0 spiro atoms. The first-order valence-corrected chi connectivity index (χ1v) is 9.18. The number of carbonyl (C=O) groups excluding carboxylic acids is 1. The Hall–Kier alpha value is -2.59. The van der Waals surface area contributed by atoms with E-state index in [0.29, 0.717) is 5.75 Å². The lowest BCUT2D eigenvalue weighted by atomic mass is 10.2. The lowest BCUT2D eigenvalue weighted by Gasteiger charge is -2.21. The molecule has 156 valence electrons. The second-order valence-electron chi connectivity index (χ2n) is 5.89. The topological polar surface area (TPSA) is 133 Å². The highest BCUT2D eigenvalue weighted by Crippen LogP contribution is 2.28. The summed E-state index contributed by atoms with van der Waals surface area (Å²) in [6, 6.07) is 5.24. The number of pyridine rings is 1. The van der Waals surface area contributed by atoms with E-state index >= 15 is 0 Å². The number of aliphatic hydroxyl groups excluding tert-OH is 1. The minimum atomic E-state index is -1.47. The number of benzene rings is 1. The fourth-order valence-corrected chi connectivity index (χ4v) is 2.93. The Bertz CT molecular complexity index is 830. The van der Waals surface area contributed by atoms with Gasteiger partial charge in [-0.15, -0.1) is 0 Å². The van der Waals surface area contributed by atoms with Gasteiger partial charge in [0, 0.05) is 31.0 Å². The molecule has 2 rings (SSSR count). The van der Waals surface area contributed by atoms with Crippen LogP contribution in [-0.4, -0.2) is 46.9 Å². The number of carboxylic acid groups (broad SMARTS) is 1. The molecule has 1 heterocycles. The van der Waals surface area contributed by atoms with Gasteiger partial charge in [-0.05, 0) is 17.7 Å². The van der Waals surface area contributed by atoms with Gasteiger partial charge in [0.05, 0.1) is 17.2 Å². The van der Waals surface area contributed by atoms with Gasteiger partial charge in [-0.25, -0.2) is 4.79 Å². The molecule has 0 fully saturated rings. The van der Waals surface area contributed by atoms with E-state index in [1.165, 1.54) is 12.4 Å². The molecule has 1 aromatic carbocycles. The standard InChI is InChI=1S/C18H20Cl2N4O5/c1-29-11-4-2-10(3-5-11)6-22-18(28)23-9-14(17(26)27)24-16(25)15-12(19)7-21-8-13(15)20/h2-5,7-8,14,16,24-25H,6,9H2,1H3,(H,26,27)(H2,22,23,28)/t14-,16?/m0/s1. The number of halogens is 2. The molecule has 9 nitrogen and oxygen atoms in total. The summed E-state index contributed by atoms with van der Waals surface area (Å²) in [7, 11) is 1.56. The van der Waals surface area contributed by atoms with Crippen molar-refractivity contribution in [3.05, 3.63) is 57.8 Å². The third-order valence-corrected chi connectivity index (χ3v) is 4.50. The number of nitrogens with one attached hydrogen (secondary N) is 3. The molecule has 11 heteroatoms. The Kier molecular flexibility index (Phi) is 8.47. The summed E-state index contributed by atoms with van der Waals surface area (Å²) >= 11 is 11.9. The molecule has 0 saturated carbocycles. The monoisotopic (exact) mass is 442 g/mol. The van der Waals surface area contributed by atoms with Crippen LogP contribution < -0.4 is 20.7 Å². The minimum absolute atomic E-state index is 0.0758. The number of methoxy groups -OCH3 is 1. The van der Waals surface area contributed by atoms with Crippen LogP contribution in [0.15, 0.2) is 36.7 Å². The zero-order valence-electron chi connectivity index (χ0n) is 15.4. The Morgan fingerprint density at radius 3 is 2.31 bits per heavy atom. The second-order valence-corrected chi connectivity index (χ2v) is 6.70. The molecule has 0 aliphatic carbocycles. The molecule has 0 bridgehead atoms. The van der Waals surface area contributed by atoms with Gasteiger partial charge in [0.15, 0.2) is 0 Å². The molecule has 1 unspecified atom stereocenters. The molecular weight excluding hydrogens is 423 g/mol. The number of rotatable bonds is 9. The fraction of sp³-hybridized carbons (Fsp3) is 0.278. The number of aliphatic hydroxyl groups is 1. The van der Waals surface area contributed by atoms with Crippen molar-refractivity contribution in [1.29, 1.82) is 0 Å². The molecule has 1 aromatic heterocycles. The molecule has 5 N–H and O–H groups in total. The van der Waals surface area contributed by atoms with Crippen LogP contribution in [0.5, 0.6) is 5.75 Å². The number of nitrogens with zero attached hydrogens (tertiary/aromatic N) is 1. The van der Waals surface area contributed by atoms with E-state index in [9.17, 15) is 19.8 Å². The summed E-state index contributed by atoms with van der Waals surface area (Å²) in [4.78, 5) is 27.2. The van der Waals surface area contributed by atoms with Crippen LogP contribution in [0.3, 0.4) is 0 Å². The van der Waals surface area contributed by atoms with Gasteiger partial charge < -0.3 is 25.6 Å². The van der Waals surface area contributed by atoms with Crippen molar-refractivity contribution in [2.75, 3.05) is 13.7 Å². The van der Waals surface area contributed by atoms with Crippen molar-refractivity contribution < 1.29 is 24.5 Å². The van der Waals surface area contributed by atoms with E-state index in [-0.39, 0.29) is 28.7 Å². The van der Waals surface area contributed by atoms with Crippen LogP contribution in [0.2, 0.25) is 10.0 Å². The Morgan fingerprint density at radius 1 is 1.14 bits per heavy atom. The molecule has 2 atom stereocenters. The number of hydrogen-bond donors (Lipinski definition) is 5. The average Bonchev–Trinajstić information content (AvgIpc) is 2.69. The first kappa shape index (κ1) is 22.7. The number of urea groups is 1. The average molecular weight is 443 g/mol. The molecule has 0 saturated heterocycles. The molecule has 2 aromatic rings. The summed E-state index contributed by atoms with van der Waals surface area (Å²) in [6.45, 7) is -0.0486. The van der Waals surface area contributed by atoms with E-state index in [2.05, 4.69) is 20.9 Å². The summed E-state index contributed by atoms with van der Waals surface area (Å²) in [5, 5.41) is 27.2. The highest BCUT2D eigenvalue weighted by molar-refractivity contribution is 6.35. The van der Waals surface area contributed by atoms with E-state index in [1.54, 1.807) is 31.4 Å². The Morgan fingerprint density at radius 2 is 1.76 bits per heavy atom. The number of hydrogen-bond acceptors (Lipinski definition) is 6. The fourth-order valence-electron chi connectivity index (χ4n) is 2.36. The third-order valence-electron chi connectivity index (χ3n) is 3.90. The number of carboxylic acids is 1. The number of aromatic nitrogens is 1. The smallest absolute Gasteiger partial charge is 0.322 e. The number of carbonyl (C=O) groups is 2. The quantitative estimate of drug-likeness (QED) is 0.374. The predicted molar refractivity (Wildman–Crippen MR) is 107 cm³/mol. The molecule has 0 radical (unpaired) electrons. The van der Waals surface area contributed by atoms with Gasteiger partial charge >= 0.3 is 12.0 Å². The molecule has 29 heavy (non-hydrogen) atoms. The van der Waals surface area contributed by atoms with Gasteiger partial charge in [-0.1, -0.05) is 35.3 Å².